The van der Waals surface area contributed by atoms with Crippen LogP contribution in [0.3, 0.4) is 0 Å². The van der Waals surface area contributed by atoms with E-state index in [2.05, 4.69) is 29.0 Å². The van der Waals surface area contributed by atoms with E-state index in [1.165, 1.54) is 14.0 Å². The minimum Gasteiger partial charge on any atom is -0.467 e. The van der Waals surface area contributed by atoms with Gasteiger partial charge in [-0.1, -0.05) is 23.7 Å². The zero-order valence-electron chi connectivity index (χ0n) is 15.2. The van der Waals surface area contributed by atoms with Crippen LogP contribution in [0.15, 0.2) is 29.3 Å². The van der Waals surface area contributed by atoms with Crippen molar-refractivity contribution < 1.29 is 14.3 Å². The molecule has 6 nitrogen and oxygen atoms in total. The lowest BCUT2D eigenvalue weighted by Gasteiger charge is -2.27. The minimum absolute atomic E-state index is 0.121. The quantitative estimate of drug-likeness (QED) is 0.557. The Labute approximate surface area is 169 Å². The van der Waals surface area contributed by atoms with Crippen molar-refractivity contribution >= 4 is 41.8 Å². The first-order valence-electron chi connectivity index (χ1n) is 8.58. The summed E-state index contributed by atoms with van der Waals surface area (Å²) in [4.78, 5) is 28.2. The molecule has 1 aromatic carbocycles. The van der Waals surface area contributed by atoms with Gasteiger partial charge in [0.25, 0.3) is 0 Å². The van der Waals surface area contributed by atoms with Gasteiger partial charge in [-0.25, -0.2) is 4.79 Å². The molecule has 27 heavy (non-hydrogen) atoms. The van der Waals surface area contributed by atoms with E-state index in [4.69, 9.17) is 16.3 Å². The number of aliphatic imine (C=N–C) groups is 1. The van der Waals surface area contributed by atoms with E-state index in [0.717, 1.165) is 12.0 Å². The highest BCUT2D eigenvalue weighted by molar-refractivity contribution is 7.80. The topological polar surface area (TPSA) is 91.6 Å². The first-order chi connectivity index (χ1) is 12.8. The first-order valence-corrected chi connectivity index (χ1v) is 9.47. The number of nitrogens with one attached hydrogen (secondary N) is 1. The summed E-state index contributed by atoms with van der Waals surface area (Å²) in [6, 6.07) is 8.62. The van der Waals surface area contributed by atoms with Crippen LogP contribution in [0.1, 0.15) is 43.5 Å². The Kier molecular flexibility index (Phi) is 7.28. The number of nitrogens with zero attached hydrogens (tertiary/aromatic N) is 2. The molecule has 1 fully saturated rings. The maximum atomic E-state index is 12.1. The van der Waals surface area contributed by atoms with Crippen molar-refractivity contribution in [3.8, 4) is 6.07 Å². The maximum absolute atomic E-state index is 12.1. The van der Waals surface area contributed by atoms with Crippen LogP contribution in [0, 0.1) is 16.7 Å². The summed E-state index contributed by atoms with van der Waals surface area (Å²) in [6.07, 6.45) is 2.11. The van der Waals surface area contributed by atoms with E-state index in [1.807, 2.05) is 12.1 Å². The van der Waals surface area contributed by atoms with Crippen molar-refractivity contribution in [2.75, 3.05) is 7.11 Å². The third kappa shape index (κ3) is 5.24. The van der Waals surface area contributed by atoms with E-state index in [-0.39, 0.29) is 12.3 Å². The molecule has 1 aliphatic rings. The van der Waals surface area contributed by atoms with Crippen molar-refractivity contribution in [1.29, 1.82) is 5.26 Å². The van der Waals surface area contributed by atoms with Gasteiger partial charge in [0.05, 0.1) is 18.6 Å². The van der Waals surface area contributed by atoms with Gasteiger partial charge in [-0.3, -0.25) is 9.79 Å². The predicted molar refractivity (Wildman–Crippen MR) is 107 cm³/mol. The van der Waals surface area contributed by atoms with Crippen LogP contribution in [0.25, 0.3) is 0 Å². The van der Waals surface area contributed by atoms with Gasteiger partial charge >= 0.3 is 5.97 Å². The number of hydrogen-bond acceptors (Lipinski definition) is 6. The minimum atomic E-state index is -0.936. The summed E-state index contributed by atoms with van der Waals surface area (Å²) in [7, 11) is 1.25. The van der Waals surface area contributed by atoms with Crippen molar-refractivity contribution in [3.63, 3.8) is 0 Å². The number of rotatable bonds is 6. The van der Waals surface area contributed by atoms with Crippen LogP contribution >= 0.6 is 24.2 Å². The Hall–Kier alpha value is -2.04. The maximum Gasteiger partial charge on any atom is 0.328 e. The Morgan fingerprint density at radius 3 is 2.67 bits per heavy atom. The number of carbonyl (C=O) groups excluding carboxylic acids is 2. The van der Waals surface area contributed by atoms with Gasteiger partial charge < -0.3 is 10.1 Å². The summed E-state index contributed by atoms with van der Waals surface area (Å²) in [5, 5.41) is 12.7. The zero-order valence-corrected chi connectivity index (χ0v) is 16.9. The molecular formula is C19H22ClN3O3S. The lowest BCUT2D eigenvalue weighted by Crippen LogP contribution is -2.45. The lowest BCUT2D eigenvalue weighted by molar-refractivity contribution is -0.145. The fourth-order valence-corrected chi connectivity index (χ4v) is 3.74. The second-order valence-electron chi connectivity index (χ2n) is 6.53. The molecule has 1 aliphatic carbocycles. The van der Waals surface area contributed by atoms with Gasteiger partial charge in [-0.15, -0.1) is 12.6 Å². The van der Waals surface area contributed by atoms with E-state index in [9.17, 15) is 14.9 Å². The van der Waals surface area contributed by atoms with E-state index < -0.39 is 22.8 Å². The predicted octanol–water partition coefficient (Wildman–Crippen LogP) is 3.47. The largest absolute Gasteiger partial charge is 0.467 e. The van der Waals surface area contributed by atoms with Gasteiger partial charge in [-0.2, -0.15) is 5.26 Å². The zero-order chi connectivity index (χ0) is 20.0. The van der Waals surface area contributed by atoms with E-state index in [1.54, 1.807) is 12.1 Å². The molecule has 3 atom stereocenters. The van der Waals surface area contributed by atoms with Crippen LogP contribution in [0.2, 0.25) is 5.02 Å². The summed E-state index contributed by atoms with van der Waals surface area (Å²) in [5.41, 5.74) is 0.619. The highest BCUT2D eigenvalue weighted by Crippen LogP contribution is 2.41. The van der Waals surface area contributed by atoms with Crippen LogP contribution in [0.5, 0.6) is 0 Å². The van der Waals surface area contributed by atoms with E-state index >= 15 is 0 Å². The second kappa shape index (κ2) is 9.25. The van der Waals surface area contributed by atoms with Crippen LogP contribution < -0.4 is 5.32 Å². The third-order valence-corrected chi connectivity index (χ3v) is 5.31. The number of benzene rings is 1. The molecule has 0 bridgehead atoms. The molecule has 144 valence electrons. The average molecular weight is 408 g/mol. The average Bonchev–Trinajstić information content (AvgIpc) is 3.03. The Balaban J connectivity index is 2.30. The number of nitriles is 1. The normalized spacial score (nSPS) is 22.7. The molecule has 0 spiro atoms. The van der Waals surface area contributed by atoms with Gasteiger partial charge in [0.15, 0.2) is 0 Å². The van der Waals surface area contributed by atoms with E-state index in [0.29, 0.717) is 23.6 Å². The summed E-state index contributed by atoms with van der Waals surface area (Å²) >= 11 is 10.5. The molecule has 0 aliphatic heterocycles. The van der Waals surface area contributed by atoms with Gasteiger partial charge in [0, 0.05) is 24.1 Å². The SMILES string of the molecule is COC(=O)C(CC1(C#N)CCC/C1=N\C(S)c1ccc(Cl)cc1)NC(C)=O. The highest BCUT2D eigenvalue weighted by Gasteiger charge is 2.44. The Bertz CT molecular complexity index is 775. The Morgan fingerprint density at radius 1 is 1.44 bits per heavy atom. The van der Waals surface area contributed by atoms with Gasteiger partial charge in [0.2, 0.25) is 5.91 Å². The summed E-state index contributed by atoms with van der Waals surface area (Å²) in [5.74, 6) is -0.936. The number of methoxy groups -OCH3 is 1. The smallest absolute Gasteiger partial charge is 0.328 e. The molecule has 0 saturated heterocycles. The standard InChI is InChI=1S/C19H22ClN3O3S/c1-12(24)22-15(18(25)26-2)10-19(11-21)9-3-4-16(19)23-17(27)13-5-7-14(20)8-6-13/h5-8,15,17,27H,3-4,9-10H2,1-2H3,(H,22,24)/b23-16+. The van der Waals surface area contributed by atoms with Gasteiger partial charge in [0.1, 0.15) is 11.4 Å². The lowest BCUT2D eigenvalue weighted by atomic mass is 9.79. The number of ether oxygens (including phenoxy) is 1. The number of amides is 1. The molecule has 1 amide bonds. The molecule has 0 aromatic heterocycles. The fourth-order valence-electron chi connectivity index (χ4n) is 3.30. The Morgan fingerprint density at radius 2 is 2.11 bits per heavy atom. The number of thiol groups is 1. The van der Waals surface area contributed by atoms with Crippen LogP contribution in [0.4, 0.5) is 0 Å². The molecule has 2 rings (SSSR count). The fraction of sp³-hybridized carbons (Fsp3) is 0.474. The van der Waals surface area contributed by atoms with Crippen LogP contribution in [-0.4, -0.2) is 30.7 Å². The number of hydrogen-bond donors (Lipinski definition) is 2. The van der Waals surface area contributed by atoms with Crippen LogP contribution in [-0.2, 0) is 14.3 Å². The van der Waals surface area contributed by atoms with Crippen molar-refractivity contribution in [1.82, 2.24) is 5.32 Å². The monoisotopic (exact) mass is 407 g/mol. The molecule has 1 N–H and O–H groups in total. The molecule has 1 aromatic rings. The third-order valence-electron chi connectivity index (χ3n) is 4.65. The molecule has 0 radical (unpaired) electrons. The number of halogens is 1. The number of esters is 1. The van der Waals surface area contributed by atoms with Crippen molar-refractivity contribution in [3.05, 3.63) is 34.9 Å². The number of carbonyl (C=O) groups is 2. The second-order valence-corrected chi connectivity index (χ2v) is 7.45. The van der Waals surface area contributed by atoms with Crippen molar-refractivity contribution in [2.45, 2.75) is 44.0 Å². The first kappa shape index (κ1) is 21.3. The molecule has 1 saturated carbocycles. The molecule has 0 heterocycles. The van der Waals surface area contributed by atoms with Crippen molar-refractivity contribution in [2.24, 2.45) is 10.4 Å². The molecule has 8 heteroatoms. The highest BCUT2D eigenvalue weighted by atomic mass is 35.5. The molecular weight excluding hydrogens is 386 g/mol. The molecule has 3 unspecified atom stereocenters. The summed E-state index contributed by atoms with van der Waals surface area (Å²) < 4.78 is 4.78. The van der Waals surface area contributed by atoms with Gasteiger partial charge in [-0.05, 0) is 37.0 Å². The summed E-state index contributed by atoms with van der Waals surface area (Å²) in [6.45, 7) is 1.32.